The summed E-state index contributed by atoms with van der Waals surface area (Å²) in [4.78, 5) is 12.4. The van der Waals surface area contributed by atoms with Gasteiger partial charge in [-0.05, 0) is 68.5 Å². The lowest BCUT2D eigenvalue weighted by Gasteiger charge is -2.26. The second-order valence-electron chi connectivity index (χ2n) is 10.2. The van der Waals surface area contributed by atoms with Crippen molar-refractivity contribution in [1.29, 1.82) is 0 Å². The van der Waals surface area contributed by atoms with Crippen molar-refractivity contribution in [3.8, 4) is 22.3 Å². The summed E-state index contributed by atoms with van der Waals surface area (Å²) in [6.07, 6.45) is 0. The van der Waals surface area contributed by atoms with Crippen LogP contribution in [0.2, 0.25) is 5.02 Å². The van der Waals surface area contributed by atoms with Gasteiger partial charge in [0.2, 0.25) is 0 Å². The third-order valence-corrected chi connectivity index (χ3v) is 6.57. The first-order valence-corrected chi connectivity index (χ1v) is 11.8. The largest absolute Gasteiger partial charge is 0.465 e. The number of hydrogen-bond donors (Lipinski definition) is 0. The molecule has 0 fully saturated rings. The first-order valence-electron chi connectivity index (χ1n) is 10.7. The molecule has 0 saturated heterocycles. The summed E-state index contributed by atoms with van der Waals surface area (Å²) >= 11 is 9.84. The smallest absolute Gasteiger partial charge is 0.338 e. The zero-order chi connectivity index (χ0) is 23.8. The number of carbonyl (C=O) groups is 1. The van der Waals surface area contributed by atoms with E-state index in [0.717, 1.165) is 26.7 Å². The van der Waals surface area contributed by atoms with Crippen LogP contribution in [0, 0.1) is 0 Å². The topological polar surface area (TPSA) is 26.3 Å². The molecule has 0 heterocycles. The van der Waals surface area contributed by atoms with Gasteiger partial charge in [-0.1, -0.05) is 99.4 Å². The molecule has 0 aliphatic carbocycles. The van der Waals surface area contributed by atoms with Gasteiger partial charge < -0.3 is 4.74 Å². The Balaban J connectivity index is 2.24. The van der Waals surface area contributed by atoms with E-state index in [9.17, 15) is 4.79 Å². The lowest BCUT2D eigenvalue weighted by Crippen LogP contribution is -2.16. The fourth-order valence-electron chi connectivity index (χ4n) is 3.60. The molecule has 0 amide bonds. The molecule has 0 atom stereocenters. The van der Waals surface area contributed by atoms with E-state index < -0.39 is 5.97 Å². The zero-order valence-corrected chi connectivity index (χ0v) is 22.1. The van der Waals surface area contributed by atoms with Gasteiger partial charge >= 0.3 is 5.97 Å². The molecular weight excluding hydrogens is 484 g/mol. The van der Waals surface area contributed by atoms with Gasteiger partial charge in [-0.3, -0.25) is 0 Å². The molecular formula is C28H30BrClO2. The van der Waals surface area contributed by atoms with Crippen LogP contribution in [0.25, 0.3) is 22.3 Å². The number of carbonyl (C=O) groups excluding carboxylic acids is 1. The van der Waals surface area contributed by atoms with Crippen molar-refractivity contribution in [3.63, 3.8) is 0 Å². The van der Waals surface area contributed by atoms with Crippen molar-refractivity contribution in [2.45, 2.75) is 52.4 Å². The Labute approximate surface area is 205 Å². The second kappa shape index (κ2) is 9.03. The quantitative estimate of drug-likeness (QED) is 0.327. The monoisotopic (exact) mass is 512 g/mol. The zero-order valence-electron chi connectivity index (χ0n) is 19.8. The average Bonchev–Trinajstić information content (AvgIpc) is 2.72. The van der Waals surface area contributed by atoms with Crippen molar-refractivity contribution in [2.24, 2.45) is 0 Å². The Morgan fingerprint density at radius 1 is 0.781 bits per heavy atom. The molecule has 3 aromatic rings. The highest BCUT2D eigenvalue weighted by atomic mass is 79.9. The predicted octanol–water partition coefficient (Wildman–Crippen LogP) is 8.82. The molecule has 3 aromatic carbocycles. The summed E-state index contributed by atoms with van der Waals surface area (Å²) in [7, 11) is 1.38. The van der Waals surface area contributed by atoms with Crippen molar-refractivity contribution >= 4 is 33.5 Å². The van der Waals surface area contributed by atoms with Gasteiger partial charge in [-0.25, -0.2) is 4.79 Å². The Kier molecular flexibility index (Phi) is 6.93. The molecule has 0 aromatic heterocycles. The lowest BCUT2D eigenvalue weighted by molar-refractivity contribution is 0.0601. The molecule has 168 valence electrons. The third kappa shape index (κ3) is 5.27. The number of hydrogen-bond acceptors (Lipinski definition) is 2. The molecule has 0 saturated carbocycles. The molecule has 0 unspecified atom stereocenters. The van der Waals surface area contributed by atoms with Gasteiger partial charge in [-0.15, -0.1) is 0 Å². The molecule has 0 radical (unpaired) electrons. The van der Waals surface area contributed by atoms with E-state index in [-0.39, 0.29) is 10.8 Å². The van der Waals surface area contributed by atoms with E-state index in [1.807, 2.05) is 12.1 Å². The summed E-state index contributed by atoms with van der Waals surface area (Å²) in [6.45, 7) is 13.4. The number of ether oxygens (including phenoxy) is 1. The van der Waals surface area contributed by atoms with Crippen LogP contribution in [0.5, 0.6) is 0 Å². The molecule has 0 aliphatic rings. The van der Waals surface area contributed by atoms with Crippen LogP contribution in [0.3, 0.4) is 0 Å². The average molecular weight is 514 g/mol. The van der Waals surface area contributed by atoms with E-state index in [1.54, 1.807) is 12.1 Å². The minimum Gasteiger partial charge on any atom is -0.465 e. The third-order valence-electron chi connectivity index (χ3n) is 5.64. The Morgan fingerprint density at radius 3 is 1.91 bits per heavy atom. The van der Waals surface area contributed by atoms with Crippen LogP contribution in [0.4, 0.5) is 0 Å². The van der Waals surface area contributed by atoms with Crippen molar-refractivity contribution in [1.82, 2.24) is 0 Å². The summed E-state index contributed by atoms with van der Waals surface area (Å²) < 4.78 is 5.90. The summed E-state index contributed by atoms with van der Waals surface area (Å²) in [6, 6.07) is 18.4. The summed E-state index contributed by atoms with van der Waals surface area (Å²) in [5, 5.41) is 0.495. The number of rotatable bonds is 3. The summed E-state index contributed by atoms with van der Waals surface area (Å²) in [5.74, 6) is -0.412. The number of halogens is 2. The molecule has 4 heteroatoms. The van der Waals surface area contributed by atoms with Gasteiger partial charge in [0.25, 0.3) is 0 Å². The molecule has 2 nitrogen and oxygen atoms in total. The molecule has 32 heavy (non-hydrogen) atoms. The van der Waals surface area contributed by atoms with Crippen LogP contribution >= 0.6 is 27.5 Å². The Morgan fingerprint density at radius 2 is 1.38 bits per heavy atom. The molecule has 0 N–H and O–H groups in total. The van der Waals surface area contributed by atoms with E-state index in [0.29, 0.717) is 10.6 Å². The first-order chi connectivity index (χ1) is 14.8. The number of esters is 1. The van der Waals surface area contributed by atoms with Crippen LogP contribution in [-0.2, 0) is 15.6 Å². The fourth-order valence-corrected chi connectivity index (χ4v) is 4.23. The standard InChI is InChI=1S/C28H30BrClO2/c1-27(2,3)19-12-18(13-20(15-19)28(4,5)6)17-8-11-25(29)23(14-17)22-10-9-21(30)16-24(22)26(31)32-7/h8-16H,1-7H3. The highest BCUT2D eigenvalue weighted by molar-refractivity contribution is 9.10. The van der Waals surface area contributed by atoms with Crippen LogP contribution in [0.15, 0.2) is 59.1 Å². The molecule has 0 spiro atoms. The highest BCUT2D eigenvalue weighted by Gasteiger charge is 2.22. The van der Waals surface area contributed by atoms with Crippen LogP contribution in [-0.4, -0.2) is 13.1 Å². The van der Waals surface area contributed by atoms with Crippen LogP contribution in [0.1, 0.15) is 63.0 Å². The van der Waals surface area contributed by atoms with Gasteiger partial charge in [-0.2, -0.15) is 0 Å². The van der Waals surface area contributed by atoms with E-state index >= 15 is 0 Å². The van der Waals surface area contributed by atoms with Gasteiger partial charge in [0.15, 0.2) is 0 Å². The maximum Gasteiger partial charge on any atom is 0.338 e. The molecule has 3 rings (SSSR count). The Hall–Kier alpha value is -2.10. The Bertz CT molecular complexity index is 1130. The fraction of sp³-hybridized carbons (Fsp3) is 0.321. The van der Waals surface area contributed by atoms with E-state index in [1.165, 1.54) is 18.2 Å². The van der Waals surface area contributed by atoms with Crippen molar-refractivity contribution < 1.29 is 9.53 Å². The number of methoxy groups -OCH3 is 1. The maximum atomic E-state index is 12.4. The van der Waals surface area contributed by atoms with E-state index in [4.69, 9.17) is 16.3 Å². The maximum absolute atomic E-state index is 12.4. The van der Waals surface area contributed by atoms with Gasteiger partial charge in [0.05, 0.1) is 12.7 Å². The van der Waals surface area contributed by atoms with Crippen molar-refractivity contribution in [2.75, 3.05) is 7.11 Å². The first kappa shape index (κ1) is 24.5. The molecule has 0 aliphatic heterocycles. The SMILES string of the molecule is COC(=O)c1cc(Cl)ccc1-c1cc(-c2cc(C(C)(C)C)cc(C(C)(C)C)c2)ccc1Br. The molecule has 0 bridgehead atoms. The lowest BCUT2D eigenvalue weighted by atomic mass is 9.79. The second-order valence-corrected chi connectivity index (χ2v) is 11.5. The van der Waals surface area contributed by atoms with E-state index in [2.05, 4.69) is 87.8 Å². The minimum absolute atomic E-state index is 0.0302. The highest BCUT2D eigenvalue weighted by Crippen LogP contribution is 2.38. The van der Waals surface area contributed by atoms with Crippen molar-refractivity contribution in [3.05, 3.63) is 80.8 Å². The predicted molar refractivity (Wildman–Crippen MR) is 139 cm³/mol. The van der Waals surface area contributed by atoms with Gasteiger partial charge in [0, 0.05) is 9.50 Å². The number of benzene rings is 3. The summed E-state index contributed by atoms with van der Waals surface area (Å²) in [5.41, 5.74) is 7.03. The minimum atomic E-state index is -0.412. The normalized spacial score (nSPS) is 12.0. The van der Waals surface area contributed by atoms with Crippen LogP contribution < -0.4 is 0 Å². The van der Waals surface area contributed by atoms with Gasteiger partial charge in [0.1, 0.15) is 0 Å².